The van der Waals surface area contributed by atoms with Crippen LogP contribution in [0, 0.1) is 0 Å². The quantitative estimate of drug-likeness (QED) is 0.758. The van der Waals surface area contributed by atoms with E-state index >= 15 is 0 Å². The van der Waals surface area contributed by atoms with Crippen LogP contribution in [0.4, 0.5) is 0 Å². The molecule has 1 atom stereocenters. The molecule has 0 radical (unpaired) electrons. The SMILES string of the molecule is CC(NCCC1=CCCC1)c1ccc(Cl)cc1. The molecule has 0 bridgehead atoms. The molecule has 1 aliphatic carbocycles. The maximum Gasteiger partial charge on any atom is 0.0406 e. The average molecular weight is 250 g/mol. The number of nitrogens with one attached hydrogen (secondary N) is 1. The van der Waals surface area contributed by atoms with Gasteiger partial charge in [0, 0.05) is 11.1 Å². The summed E-state index contributed by atoms with van der Waals surface area (Å²) in [6.45, 7) is 3.27. The fraction of sp³-hybridized carbons (Fsp3) is 0.467. The minimum atomic E-state index is 0.397. The van der Waals surface area contributed by atoms with Gasteiger partial charge in [0.25, 0.3) is 0 Å². The van der Waals surface area contributed by atoms with E-state index in [4.69, 9.17) is 11.6 Å². The fourth-order valence-electron chi connectivity index (χ4n) is 2.28. The second-order valence-electron chi connectivity index (χ2n) is 4.73. The molecule has 2 heteroatoms. The molecule has 0 saturated carbocycles. The van der Waals surface area contributed by atoms with Gasteiger partial charge in [-0.25, -0.2) is 0 Å². The first-order chi connectivity index (χ1) is 8.25. The van der Waals surface area contributed by atoms with Crippen LogP contribution in [0.5, 0.6) is 0 Å². The Labute approximate surface area is 109 Å². The molecule has 0 heterocycles. The summed E-state index contributed by atoms with van der Waals surface area (Å²) in [6.07, 6.45) is 7.52. The second-order valence-corrected chi connectivity index (χ2v) is 5.17. The summed E-state index contributed by atoms with van der Waals surface area (Å²) < 4.78 is 0. The molecule has 0 amide bonds. The zero-order valence-electron chi connectivity index (χ0n) is 10.4. The molecule has 1 aromatic carbocycles. The van der Waals surface area contributed by atoms with Gasteiger partial charge in [0.15, 0.2) is 0 Å². The van der Waals surface area contributed by atoms with E-state index in [1.807, 2.05) is 12.1 Å². The van der Waals surface area contributed by atoms with Gasteiger partial charge in [-0.2, -0.15) is 0 Å². The fourth-order valence-corrected chi connectivity index (χ4v) is 2.41. The van der Waals surface area contributed by atoms with Gasteiger partial charge in [-0.1, -0.05) is 35.4 Å². The van der Waals surface area contributed by atoms with Gasteiger partial charge in [0.05, 0.1) is 0 Å². The molecular formula is C15H20ClN. The lowest BCUT2D eigenvalue weighted by Crippen LogP contribution is -2.20. The molecule has 92 valence electrons. The Morgan fingerprint density at radius 2 is 2.06 bits per heavy atom. The first-order valence-electron chi connectivity index (χ1n) is 6.42. The highest BCUT2D eigenvalue weighted by Gasteiger charge is 2.07. The highest BCUT2D eigenvalue weighted by Crippen LogP contribution is 2.21. The van der Waals surface area contributed by atoms with E-state index in [9.17, 15) is 0 Å². The third kappa shape index (κ3) is 3.86. The number of allylic oxidation sites excluding steroid dienone is 1. The van der Waals surface area contributed by atoms with Crippen LogP contribution in [-0.4, -0.2) is 6.54 Å². The molecule has 17 heavy (non-hydrogen) atoms. The first-order valence-corrected chi connectivity index (χ1v) is 6.80. The molecule has 0 aliphatic heterocycles. The lowest BCUT2D eigenvalue weighted by atomic mass is 10.1. The Kier molecular flexibility index (Phi) is 4.64. The molecule has 0 aromatic heterocycles. The van der Waals surface area contributed by atoms with Crippen molar-refractivity contribution in [2.75, 3.05) is 6.54 Å². The minimum absolute atomic E-state index is 0.397. The van der Waals surface area contributed by atoms with Crippen molar-refractivity contribution < 1.29 is 0 Å². The lowest BCUT2D eigenvalue weighted by molar-refractivity contribution is 0.573. The third-order valence-electron chi connectivity index (χ3n) is 3.40. The van der Waals surface area contributed by atoms with Gasteiger partial charge in [-0.05, 0) is 56.8 Å². The van der Waals surface area contributed by atoms with Gasteiger partial charge >= 0.3 is 0 Å². The largest absolute Gasteiger partial charge is 0.310 e. The van der Waals surface area contributed by atoms with Crippen molar-refractivity contribution in [3.63, 3.8) is 0 Å². The van der Waals surface area contributed by atoms with E-state index in [1.165, 1.54) is 31.2 Å². The minimum Gasteiger partial charge on any atom is -0.310 e. The summed E-state index contributed by atoms with van der Waals surface area (Å²) in [5, 5.41) is 4.36. The number of hydrogen-bond donors (Lipinski definition) is 1. The van der Waals surface area contributed by atoms with Crippen LogP contribution in [0.3, 0.4) is 0 Å². The molecule has 1 aliphatic rings. The van der Waals surface area contributed by atoms with Crippen LogP contribution < -0.4 is 5.32 Å². The molecule has 1 N–H and O–H groups in total. The zero-order valence-corrected chi connectivity index (χ0v) is 11.1. The summed E-state index contributed by atoms with van der Waals surface area (Å²) in [7, 11) is 0. The van der Waals surface area contributed by atoms with Crippen molar-refractivity contribution in [3.05, 3.63) is 46.5 Å². The highest BCUT2D eigenvalue weighted by atomic mass is 35.5. The summed E-state index contributed by atoms with van der Waals surface area (Å²) in [6, 6.07) is 8.49. The lowest BCUT2D eigenvalue weighted by Gasteiger charge is -2.14. The third-order valence-corrected chi connectivity index (χ3v) is 3.65. The Morgan fingerprint density at radius 3 is 2.71 bits per heavy atom. The van der Waals surface area contributed by atoms with Crippen molar-refractivity contribution in [2.45, 2.75) is 38.6 Å². The van der Waals surface area contributed by atoms with Crippen LogP contribution in [-0.2, 0) is 0 Å². The number of benzene rings is 1. The molecule has 0 saturated heterocycles. The maximum absolute atomic E-state index is 5.88. The Balaban J connectivity index is 1.76. The predicted octanol–water partition coefficient (Wildman–Crippen LogP) is 4.49. The van der Waals surface area contributed by atoms with Crippen LogP contribution in [0.15, 0.2) is 35.9 Å². The zero-order chi connectivity index (χ0) is 12.1. The monoisotopic (exact) mass is 249 g/mol. The summed E-state index contributed by atoms with van der Waals surface area (Å²) >= 11 is 5.88. The van der Waals surface area contributed by atoms with Crippen molar-refractivity contribution >= 4 is 11.6 Å². The summed E-state index contributed by atoms with van der Waals surface area (Å²) in [4.78, 5) is 0. The molecule has 1 nitrogen and oxygen atoms in total. The molecule has 1 aromatic rings. The normalized spacial score (nSPS) is 16.9. The number of halogens is 1. The molecule has 0 fully saturated rings. The van der Waals surface area contributed by atoms with Gasteiger partial charge in [0.1, 0.15) is 0 Å². The maximum atomic E-state index is 5.88. The van der Waals surface area contributed by atoms with Crippen LogP contribution >= 0.6 is 11.6 Å². The average Bonchev–Trinajstić information content (AvgIpc) is 2.83. The molecular weight excluding hydrogens is 230 g/mol. The van der Waals surface area contributed by atoms with Crippen molar-refractivity contribution in [1.82, 2.24) is 5.32 Å². The van der Waals surface area contributed by atoms with E-state index in [0.29, 0.717) is 6.04 Å². The second kappa shape index (κ2) is 6.23. The van der Waals surface area contributed by atoms with E-state index in [-0.39, 0.29) is 0 Å². The van der Waals surface area contributed by atoms with Crippen LogP contribution in [0.25, 0.3) is 0 Å². The van der Waals surface area contributed by atoms with E-state index in [0.717, 1.165) is 11.6 Å². The van der Waals surface area contributed by atoms with Gasteiger partial charge in [-0.3, -0.25) is 0 Å². The molecule has 0 spiro atoms. The molecule has 2 rings (SSSR count). The van der Waals surface area contributed by atoms with Crippen LogP contribution in [0.1, 0.15) is 44.2 Å². The highest BCUT2D eigenvalue weighted by molar-refractivity contribution is 6.30. The van der Waals surface area contributed by atoms with E-state index in [2.05, 4.69) is 30.4 Å². The first kappa shape index (κ1) is 12.7. The predicted molar refractivity (Wildman–Crippen MR) is 74.4 cm³/mol. The standard InChI is InChI=1S/C15H20ClN/c1-12(14-6-8-15(16)9-7-14)17-11-10-13-4-2-3-5-13/h4,6-9,12,17H,2-3,5,10-11H2,1H3. The Morgan fingerprint density at radius 1 is 1.29 bits per heavy atom. The Bertz CT molecular complexity index is 380. The van der Waals surface area contributed by atoms with Gasteiger partial charge in [0.2, 0.25) is 0 Å². The summed E-state index contributed by atoms with van der Waals surface area (Å²) in [5.74, 6) is 0. The topological polar surface area (TPSA) is 12.0 Å². The van der Waals surface area contributed by atoms with Crippen LogP contribution in [0.2, 0.25) is 5.02 Å². The van der Waals surface area contributed by atoms with Crippen molar-refractivity contribution in [1.29, 1.82) is 0 Å². The van der Waals surface area contributed by atoms with E-state index < -0.39 is 0 Å². The van der Waals surface area contributed by atoms with Gasteiger partial charge in [-0.15, -0.1) is 0 Å². The summed E-state index contributed by atoms with van der Waals surface area (Å²) in [5.41, 5.74) is 2.93. The number of hydrogen-bond acceptors (Lipinski definition) is 1. The molecule has 1 unspecified atom stereocenters. The number of rotatable bonds is 5. The smallest absolute Gasteiger partial charge is 0.0406 e. The van der Waals surface area contributed by atoms with Gasteiger partial charge < -0.3 is 5.32 Å². The van der Waals surface area contributed by atoms with Crippen molar-refractivity contribution in [3.8, 4) is 0 Å². The van der Waals surface area contributed by atoms with E-state index in [1.54, 1.807) is 5.57 Å². The van der Waals surface area contributed by atoms with Crippen molar-refractivity contribution in [2.24, 2.45) is 0 Å². The Hall–Kier alpha value is -0.790.